The van der Waals surface area contributed by atoms with E-state index >= 15 is 0 Å². The Morgan fingerprint density at radius 1 is 1.25 bits per heavy atom. The molecular formula is C15H25NO3S. The van der Waals surface area contributed by atoms with Gasteiger partial charge in [0.2, 0.25) is 0 Å². The molecular weight excluding hydrogens is 274 g/mol. The molecule has 1 aromatic rings. The largest absolute Gasteiger partial charge is 0.492 e. The Labute approximate surface area is 122 Å². The molecule has 20 heavy (non-hydrogen) atoms. The van der Waals surface area contributed by atoms with Crippen LogP contribution in [-0.4, -0.2) is 33.1 Å². The Morgan fingerprint density at radius 2 is 1.80 bits per heavy atom. The molecule has 0 radical (unpaired) electrons. The van der Waals surface area contributed by atoms with E-state index in [0.29, 0.717) is 0 Å². The second kappa shape index (κ2) is 7.09. The van der Waals surface area contributed by atoms with Crippen molar-refractivity contribution in [3.8, 4) is 5.75 Å². The topological polar surface area (TPSA) is 69.4 Å². The van der Waals surface area contributed by atoms with Gasteiger partial charge < -0.3 is 10.5 Å². The Hall–Kier alpha value is -1.07. The van der Waals surface area contributed by atoms with E-state index < -0.39 is 9.84 Å². The monoisotopic (exact) mass is 299 g/mol. The van der Waals surface area contributed by atoms with Gasteiger partial charge in [0.05, 0.1) is 5.75 Å². The number of benzene rings is 1. The van der Waals surface area contributed by atoms with Gasteiger partial charge in [-0.25, -0.2) is 8.42 Å². The van der Waals surface area contributed by atoms with Crippen molar-refractivity contribution < 1.29 is 13.2 Å². The highest BCUT2D eigenvalue weighted by atomic mass is 32.2. The first kappa shape index (κ1) is 17.0. The molecule has 2 N–H and O–H groups in total. The number of sulfone groups is 1. The lowest BCUT2D eigenvalue weighted by Crippen LogP contribution is -2.21. The molecule has 114 valence electrons. The van der Waals surface area contributed by atoms with Gasteiger partial charge in [-0.05, 0) is 43.4 Å². The van der Waals surface area contributed by atoms with E-state index in [9.17, 15) is 8.42 Å². The van der Waals surface area contributed by atoms with Crippen LogP contribution < -0.4 is 10.5 Å². The van der Waals surface area contributed by atoms with E-state index in [1.54, 1.807) is 0 Å². The SMILES string of the molecule is CCC(N)Cc1cc(C)c(OCCS(C)(=O)=O)c(C)c1. The molecule has 0 aliphatic carbocycles. The van der Waals surface area contributed by atoms with Crippen molar-refractivity contribution in [1.82, 2.24) is 0 Å². The van der Waals surface area contributed by atoms with Crippen molar-refractivity contribution in [2.75, 3.05) is 18.6 Å². The highest BCUT2D eigenvalue weighted by molar-refractivity contribution is 7.90. The Balaban J connectivity index is 2.79. The second-order valence-corrected chi connectivity index (χ2v) is 7.67. The van der Waals surface area contributed by atoms with Crippen molar-refractivity contribution in [2.24, 2.45) is 5.73 Å². The van der Waals surface area contributed by atoms with E-state index in [-0.39, 0.29) is 18.4 Å². The van der Waals surface area contributed by atoms with Crippen molar-refractivity contribution in [2.45, 2.75) is 39.7 Å². The van der Waals surface area contributed by atoms with Crippen LogP contribution in [0, 0.1) is 13.8 Å². The molecule has 1 unspecified atom stereocenters. The van der Waals surface area contributed by atoms with E-state index in [0.717, 1.165) is 29.7 Å². The predicted octanol–water partition coefficient (Wildman–Crippen LogP) is 2.01. The summed E-state index contributed by atoms with van der Waals surface area (Å²) in [6, 6.07) is 4.31. The zero-order valence-corrected chi connectivity index (χ0v) is 13.6. The number of ether oxygens (including phenoxy) is 1. The summed E-state index contributed by atoms with van der Waals surface area (Å²) in [4.78, 5) is 0. The fourth-order valence-electron chi connectivity index (χ4n) is 2.13. The van der Waals surface area contributed by atoms with Crippen molar-refractivity contribution >= 4 is 9.84 Å². The van der Waals surface area contributed by atoms with Crippen LogP contribution in [0.3, 0.4) is 0 Å². The van der Waals surface area contributed by atoms with Crippen LogP contribution >= 0.6 is 0 Å². The summed E-state index contributed by atoms with van der Waals surface area (Å²) in [7, 11) is -2.99. The molecule has 1 atom stereocenters. The smallest absolute Gasteiger partial charge is 0.150 e. The molecule has 0 saturated heterocycles. The maximum absolute atomic E-state index is 11.1. The first-order valence-electron chi connectivity index (χ1n) is 6.89. The van der Waals surface area contributed by atoms with Crippen LogP contribution in [-0.2, 0) is 16.3 Å². The Bertz CT molecular complexity index is 529. The quantitative estimate of drug-likeness (QED) is 0.836. The lowest BCUT2D eigenvalue weighted by Gasteiger charge is -2.15. The number of hydrogen-bond donors (Lipinski definition) is 1. The fourth-order valence-corrected chi connectivity index (χ4v) is 2.51. The minimum absolute atomic E-state index is 0.0361. The summed E-state index contributed by atoms with van der Waals surface area (Å²) < 4.78 is 27.8. The predicted molar refractivity (Wildman–Crippen MR) is 83.1 cm³/mol. The molecule has 0 spiro atoms. The molecule has 4 nitrogen and oxygen atoms in total. The number of hydrogen-bond acceptors (Lipinski definition) is 4. The molecule has 0 aliphatic rings. The summed E-state index contributed by atoms with van der Waals surface area (Å²) in [5, 5.41) is 0. The van der Waals surface area contributed by atoms with Crippen LogP contribution in [0.4, 0.5) is 0 Å². The third-order valence-electron chi connectivity index (χ3n) is 3.24. The van der Waals surface area contributed by atoms with Crippen molar-refractivity contribution in [1.29, 1.82) is 0 Å². The molecule has 0 bridgehead atoms. The highest BCUT2D eigenvalue weighted by Gasteiger charge is 2.10. The first-order chi connectivity index (χ1) is 9.23. The molecule has 0 saturated carbocycles. The minimum Gasteiger partial charge on any atom is -0.492 e. The van der Waals surface area contributed by atoms with Crippen molar-refractivity contribution in [3.05, 3.63) is 28.8 Å². The maximum Gasteiger partial charge on any atom is 0.150 e. The van der Waals surface area contributed by atoms with Gasteiger partial charge >= 0.3 is 0 Å². The van der Waals surface area contributed by atoms with Crippen LogP contribution in [0.1, 0.15) is 30.0 Å². The Kier molecular flexibility index (Phi) is 6.02. The molecule has 0 heterocycles. The molecule has 0 fully saturated rings. The molecule has 0 aliphatic heterocycles. The zero-order valence-electron chi connectivity index (χ0n) is 12.8. The van der Waals surface area contributed by atoms with Crippen LogP contribution in [0.15, 0.2) is 12.1 Å². The van der Waals surface area contributed by atoms with Gasteiger partial charge in [0, 0.05) is 12.3 Å². The fraction of sp³-hybridized carbons (Fsp3) is 0.600. The summed E-state index contributed by atoms with van der Waals surface area (Å²) in [6.07, 6.45) is 3.01. The lowest BCUT2D eigenvalue weighted by atomic mass is 9.99. The van der Waals surface area contributed by atoms with Gasteiger partial charge in [0.15, 0.2) is 9.84 Å². The van der Waals surface area contributed by atoms with Gasteiger partial charge in [-0.3, -0.25) is 0 Å². The Morgan fingerprint density at radius 3 is 2.25 bits per heavy atom. The lowest BCUT2D eigenvalue weighted by molar-refractivity contribution is 0.336. The van der Waals surface area contributed by atoms with Gasteiger partial charge in [-0.15, -0.1) is 0 Å². The van der Waals surface area contributed by atoms with Crippen LogP contribution in [0.5, 0.6) is 5.75 Å². The number of aryl methyl sites for hydroxylation is 2. The average Bonchev–Trinajstić information content (AvgIpc) is 2.31. The average molecular weight is 299 g/mol. The zero-order chi connectivity index (χ0) is 15.3. The first-order valence-corrected chi connectivity index (χ1v) is 8.95. The normalized spacial score (nSPS) is 13.2. The third kappa shape index (κ3) is 5.51. The van der Waals surface area contributed by atoms with Crippen LogP contribution in [0.2, 0.25) is 0 Å². The van der Waals surface area contributed by atoms with E-state index in [4.69, 9.17) is 10.5 Å². The number of nitrogens with two attached hydrogens (primary N) is 1. The standard InChI is InChI=1S/C15H25NO3S/c1-5-14(16)10-13-8-11(2)15(12(3)9-13)19-6-7-20(4,17)18/h8-9,14H,5-7,10,16H2,1-4H3. The third-order valence-corrected chi connectivity index (χ3v) is 4.15. The van der Waals surface area contributed by atoms with Crippen molar-refractivity contribution in [3.63, 3.8) is 0 Å². The summed E-state index contributed by atoms with van der Waals surface area (Å²) in [5.74, 6) is 0.816. The van der Waals surface area contributed by atoms with E-state index in [1.807, 2.05) is 13.8 Å². The molecule has 0 amide bonds. The van der Waals surface area contributed by atoms with Gasteiger partial charge in [-0.1, -0.05) is 19.1 Å². The molecule has 1 rings (SSSR count). The number of rotatable bonds is 7. The van der Waals surface area contributed by atoms with Crippen LogP contribution in [0.25, 0.3) is 0 Å². The summed E-state index contributed by atoms with van der Waals surface area (Å²) in [5.41, 5.74) is 9.22. The van der Waals surface area contributed by atoms with Gasteiger partial charge in [0.1, 0.15) is 12.4 Å². The van der Waals surface area contributed by atoms with Gasteiger partial charge in [-0.2, -0.15) is 0 Å². The molecule has 0 aromatic heterocycles. The summed E-state index contributed by atoms with van der Waals surface area (Å²) in [6.45, 7) is 6.22. The van der Waals surface area contributed by atoms with Gasteiger partial charge in [0.25, 0.3) is 0 Å². The summed E-state index contributed by atoms with van der Waals surface area (Å²) >= 11 is 0. The van der Waals surface area contributed by atoms with E-state index in [2.05, 4.69) is 19.1 Å². The maximum atomic E-state index is 11.1. The highest BCUT2D eigenvalue weighted by Crippen LogP contribution is 2.25. The minimum atomic E-state index is -2.99. The molecule has 5 heteroatoms. The second-order valence-electron chi connectivity index (χ2n) is 5.41. The molecule has 1 aromatic carbocycles. The van der Waals surface area contributed by atoms with E-state index in [1.165, 1.54) is 11.8 Å².